The first-order valence-corrected chi connectivity index (χ1v) is 12.5. The number of urea groups is 1. The molecule has 0 spiro atoms. The average Bonchev–Trinajstić information content (AvgIpc) is 3.34. The molecule has 3 amide bonds. The highest BCUT2D eigenvalue weighted by Crippen LogP contribution is 2.31. The Kier molecular flexibility index (Phi) is 7.36. The van der Waals surface area contributed by atoms with Gasteiger partial charge in [-0.05, 0) is 49.6 Å². The molecule has 3 heterocycles. The lowest BCUT2D eigenvalue weighted by atomic mass is 10.1. The first kappa shape index (κ1) is 26.3. The molecule has 0 saturated heterocycles. The van der Waals surface area contributed by atoms with Gasteiger partial charge in [-0.2, -0.15) is 5.10 Å². The molecule has 3 aromatic heterocycles. The van der Waals surface area contributed by atoms with E-state index in [0.29, 0.717) is 22.9 Å². The van der Waals surface area contributed by atoms with Gasteiger partial charge in [0, 0.05) is 60.8 Å². The molecular weight excluding hydrogens is 513 g/mol. The minimum absolute atomic E-state index is 0.0329. The smallest absolute Gasteiger partial charge is 0.323 e. The predicted octanol–water partition coefficient (Wildman–Crippen LogP) is 6.61. The van der Waals surface area contributed by atoms with Crippen LogP contribution >= 0.6 is 0 Å². The van der Waals surface area contributed by atoms with Crippen molar-refractivity contribution in [2.24, 2.45) is 0 Å². The number of amides is 3. The molecule has 0 aliphatic carbocycles. The normalized spacial score (nSPS) is 10.9. The summed E-state index contributed by atoms with van der Waals surface area (Å²) in [5, 5.41) is 14.6. The maximum atomic E-state index is 14.9. The van der Waals surface area contributed by atoms with Crippen molar-refractivity contribution in [3.63, 3.8) is 0 Å². The molecule has 0 aliphatic heterocycles. The number of pyridine rings is 2. The van der Waals surface area contributed by atoms with Gasteiger partial charge in [-0.1, -0.05) is 12.1 Å². The monoisotopic (exact) mass is 539 g/mol. The van der Waals surface area contributed by atoms with Crippen molar-refractivity contribution in [1.82, 2.24) is 19.7 Å². The number of anilines is 3. The van der Waals surface area contributed by atoms with Crippen molar-refractivity contribution in [3.8, 4) is 22.8 Å². The lowest BCUT2D eigenvalue weighted by Crippen LogP contribution is -2.20. The SMILES string of the molecule is CC(=O)Nc1cc(Oc2ccc(NC(=O)Nc3cn(C(C)C)nc3-c3ccc4cnccc4c3)c(F)c2)ccn1. The summed E-state index contributed by atoms with van der Waals surface area (Å²) in [6, 6.07) is 14.3. The van der Waals surface area contributed by atoms with Gasteiger partial charge in [0.25, 0.3) is 0 Å². The van der Waals surface area contributed by atoms with E-state index in [0.717, 1.165) is 22.4 Å². The summed E-state index contributed by atoms with van der Waals surface area (Å²) in [6.07, 6.45) is 6.70. The zero-order valence-electron chi connectivity index (χ0n) is 22.0. The number of hydrogen-bond acceptors (Lipinski definition) is 6. The van der Waals surface area contributed by atoms with E-state index in [-0.39, 0.29) is 23.4 Å². The number of nitrogens with one attached hydrogen (secondary N) is 3. The number of carbonyl (C=O) groups excluding carboxylic acids is 2. The van der Waals surface area contributed by atoms with Crippen molar-refractivity contribution < 1.29 is 18.7 Å². The first-order valence-electron chi connectivity index (χ1n) is 12.5. The van der Waals surface area contributed by atoms with Crippen LogP contribution in [0, 0.1) is 5.82 Å². The van der Waals surface area contributed by atoms with Crippen LogP contribution in [-0.4, -0.2) is 31.7 Å². The van der Waals surface area contributed by atoms with Crippen LogP contribution in [0.1, 0.15) is 26.8 Å². The summed E-state index contributed by atoms with van der Waals surface area (Å²) in [5.74, 6) is -0.0964. The number of nitrogens with zero attached hydrogens (tertiary/aromatic N) is 4. The highest BCUT2D eigenvalue weighted by molar-refractivity contribution is 6.02. The van der Waals surface area contributed by atoms with Gasteiger partial charge in [-0.3, -0.25) is 14.5 Å². The number of ether oxygens (including phenoxy) is 1. The number of halogens is 1. The molecule has 0 fully saturated rings. The molecule has 10 nitrogen and oxygen atoms in total. The van der Waals surface area contributed by atoms with Gasteiger partial charge >= 0.3 is 6.03 Å². The number of carbonyl (C=O) groups is 2. The van der Waals surface area contributed by atoms with Crippen molar-refractivity contribution in [2.75, 3.05) is 16.0 Å². The number of benzene rings is 2. The fourth-order valence-corrected chi connectivity index (χ4v) is 3.99. The molecule has 0 unspecified atom stereocenters. The second-order valence-electron chi connectivity index (χ2n) is 9.28. The summed E-state index contributed by atoms with van der Waals surface area (Å²) in [7, 11) is 0. The van der Waals surface area contributed by atoms with Crippen LogP contribution in [0.5, 0.6) is 11.5 Å². The number of rotatable bonds is 7. The minimum atomic E-state index is -0.690. The van der Waals surface area contributed by atoms with Gasteiger partial charge in [-0.15, -0.1) is 0 Å². The number of fused-ring (bicyclic) bond motifs is 1. The summed E-state index contributed by atoms with van der Waals surface area (Å²) in [6.45, 7) is 5.33. The van der Waals surface area contributed by atoms with Gasteiger partial charge in [0.15, 0.2) is 0 Å². The fourth-order valence-electron chi connectivity index (χ4n) is 3.99. The molecule has 0 aliphatic rings. The van der Waals surface area contributed by atoms with Crippen molar-refractivity contribution in [3.05, 3.63) is 85.2 Å². The largest absolute Gasteiger partial charge is 0.457 e. The molecule has 2 aromatic carbocycles. The Hall–Kier alpha value is -5.32. The van der Waals surface area contributed by atoms with Crippen molar-refractivity contribution in [1.29, 1.82) is 0 Å². The Morgan fingerprint density at radius 1 is 0.900 bits per heavy atom. The molecule has 3 N–H and O–H groups in total. The topological polar surface area (TPSA) is 123 Å². The number of aromatic nitrogens is 4. The molecule has 40 heavy (non-hydrogen) atoms. The van der Waals surface area contributed by atoms with Crippen LogP contribution in [0.15, 0.2) is 79.4 Å². The van der Waals surface area contributed by atoms with Crippen LogP contribution < -0.4 is 20.7 Å². The molecule has 11 heteroatoms. The zero-order chi connectivity index (χ0) is 28.2. The molecular formula is C29H26FN7O3. The molecule has 202 valence electrons. The third-order valence-electron chi connectivity index (χ3n) is 5.88. The molecule has 5 rings (SSSR count). The van der Waals surface area contributed by atoms with E-state index in [2.05, 4.69) is 31.0 Å². The van der Waals surface area contributed by atoms with E-state index in [1.54, 1.807) is 29.3 Å². The molecule has 0 atom stereocenters. The van der Waals surface area contributed by atoms with Gasteiger partial charge in [0.2, 0.25) is 5.91 Å². The van der Waals surface area contributed by atoms with Crippen LogP contribution in [-0.2, 0) is 4.79 Å². The predicted molar refractivity (Wildman–Crippen MR) is 151 cm³/mol. The Morgan fingerprint density at radius 3 is 2.48 bits per heavy atom. The Balaban J connectivity index is 1.32. The Bertz CT molecular complexity index is 1720. The van der Waals surface area contributed by atoms with E-state index in [4.69, 9.17) is 4.74 Å². The maximum absolute atomic E-state index is 14.9. The van der Waals surface area contributed by atoms with Crippen molar-refractivity contribution >= 4 is 39.9 Å². The average molecular weight is 540 g/mol. The third-order valence-corrected chi connectivity index (χ3v) is 5.88. The van der Waals surface area contributed by atoms with E-state index in [1.807, 2.05) is 38.1 Å². The van der Waals surface area contributed by atoms with Gasteiger partial charge in [-0.25, -0.2) is 14.2 Å². The summed E-state index contributed by atoms with van der Waals surface area (Å²) in [5.41, 5.74) is 1.85. The first-order chi connectivity index (χ1) is 19.2. The van der Waals surface area contributed by atoms with E-state index in [9.17, 15) is 14.0 Å². The van der Waals surface area contributed by atoms with E-state index >= 15 is 0 Å². The van der Waals surface area contributed by atoms with Gasteiger partial charge < -0.3 is 20.7 Å². The lowest BCUT2D eigenvalue weighted by molar-refractivity contribution is -0.114. The van der Waals surface area contributed by atoms with Crippen LogP contribution in [0.3, 0.4) is 0 Å². The van der Waals surface area contributed by atoms with E-state index < -0.39 is 11.8 Å². The van der Waals surface area contributed by atoms with Crippen molar-refractivity contribution in [2.45, 2.75) is 26.8 Å². The van der Waals surface area contributed by atoms with Gasteiger partial charge in [0.05, 0.1) is 11.4 Å². The zero-order valence-corrected chi connectivity index (χ0v) is 22.0. The Morgan fingerprint density at radius 2 is 1.70 bits per heavy atom. The maximum Gasteiger partial charge on any atom is 0.323 e. The summed E-state index contributed by atoms with van der Waals surface area (Å²) in [4.78, 5) is 32.3. The number of hydrogen-bond donors (Lipinski definition) is 3. The van der Waals surface area contributed by atoms with Crippen LogP contribution in [0.25, 0.3) is 22.0 Å². The molecule has 0 radical (unpaired) electrons. The van der Waals surface area contributed by atoms with Crippen LogP contribution in [0.2, 0.25) is 0 Å². The molecule has 5 aromatic rings. The molecule has 0 saturated carbocycles. The highest BCUT2D eigenvalue weighted by atomic mass is 19.1. The van der Waals surface area contributed by atoms with E-state index in [1.165, 1.54) is 31.3 Å². The summed E-state index contributed by atoms with van der Waals surface area (Å²) >= 11 is 0. The lowest BCUT2D eigenvalue weighted by Gasteiger charge is -2.11. The fraction of sp³-hybridized carbons (Fsp3) is 0.138. The summed E-state index contributed by atoms with van der Waals surface area (Å²) < 4.78 is 22.3. The highest BCUT2D eigenvalue weighted by Gasteiger charge is 2.17. The molecule has 0 bridgehead atoms. The van der Waals surface area contributed by atoms with Gasteiger partial charge in [0.1, 0.15) is 28.8 Å². The second-order valence-corrected chi connectivity index (χ2v) is 9.28. The third kappa shape index (κ3) is 6.04. The quantitative estimate of drug-likeness (QED) is 0.214. The second kappa shape index (κ2) is 11.2. The Labute approximate surface area is 229 Å². The minimum Gasteiger partial charge on any atom is -0.457 e. The standard InChI is InChI=1S/C29H26FN7O3/c1-17(2)37-16-26(28(36-37)20-4-5-21-15-31-10-8-19(21)12-20)35-29(39)34-25-7-6-22(13-24(25)30)40-23-9-11-32-27(14-23)33-18(3)38/h4-17H,1-3H3,(H,32,33,38)(H2,34,35,39). The van der Waals surface area contributed by atoms with Crippen LogP contribution in [0.4, 0.5) is 26.4 Å².